The van der Waals surface area contributed by atoms with Crippen LogP contribution in [0.3, 0.4) is 0 Å². The fourth-order valence-corrected chi connectivity index (χ4v) is 5.87. The summed E-state index contributed by atoms with van der Waals surface area (Å²) in [4.78, 5) is 34.7. The van der Waals surface area contributed by atoms with E-state index >= 15 is 0 Å². The second-order valence-corrected chi connectivity index (χ2v) is 12.7. The third-order valence-electron chi connectivity index (χ3n) is 8.37. The molecule has 3 unspecified atom stereocenters. The third-order valence-corrected chi connectivity index (χ3v) is 8.37. The van der Waals surface area contributed by atoms with Crippen LogP contribution in [0.5, 0.6) is 0 Å². The molecule has 0 aliphatic carbocycles. The van der Waals surface area contributed by atoms with Crippen LogP contribution in [0.1, 0.15) is 143 Å². The molecule has 3 atom stereocenters. The largest absolute Gasteiger partial charge is 0.550 e. The van der Waals surface area contributed by atoms with E-state index < -0.39 is 35.7 Å². The lowest BCUT2D eigenvalue weighted by atomic mass is 10.00. The van der Waals surface area contributed by atoms with Crippen molar-refractivity contribution in [2.45, 2.75) is 143 Å². The van der Waals surface area contributed by atoms with Crippen molar-refractivity contribution in [2.75, 3.05) is 26.2 Å². The van der Waals surface area contributed by atoms with Crippen LogP contribution in [0.15, 0.2) is 12.2 Å². The van der Waals surface area contributed by atoms with Crippen molar-refractivity contribution in [2.24, 2.45) is 17.8 Å². The van der Waals surface area contributed by atoms with E-state index in [-0.39, 0.29) is 24.1 Å². The molecule has 0 aromatic rings. The van der Waals surface area contributed by atoms with Crippen molar-refractivity contribution >= 4 is 17.9 Å². The number of carboxylic acid groups (broad SMARTS) is 3. The monoisotopic (exact) mass is 581 g/mol. The van der Waals surface area contributed by atoms with Crippen molar-refractivity contribution < 1.29 is 34.2 Å². The van der Waals surface area contributed by atoms with Gasteiger partial charge in [-0.1, -0.05) is 103 Å². The van der Waals surface area contributed by atoms with Gasteiger partial charge in [0.2, 0.25) is 0 Å². The minimum absolute atomic E-state index is 0.185. The van der Waals surface area contributed by atoms with Gasteiger partial charge in [0.25, 0.3) is 0 Å². The van der Waals surface area contributed by atoms with Gasteiger partial charge in [0.15, 0.2) is 0 Å². The predicted octanol–water partition coefficient (Wildman–Crippen LogP) is 7.23. The van der Waals surface area contributed by atoms with E-state index in [0.717, 1.165) is 25.7 Å². The van der Waals surface area contributed by atoms with Crippen LogP contribution in [-0.4, -0.2) is 58.8 Å². The summed E-state index contributed by atoms with van der Waals surface area (Å²) in [5, 5.41) is 30.5. The van der Waals surface area contributed by atoms with Crippen LogP contribution < -0.4 is 5.11 Å². The number of rotatable bonds is 29. The average Bonchev–Trinajstić information content (AvgIpc) is 2.91. The molecule has 0 rings (SSSR count). The molecule has 0 radical (unpaired) electrons. The zero-order valence-electron chi connectivity index (χ0n) is 26.9. The summed E-state index contributed by atoms with van der Waals surface area (Å²) in [6, 6.07) is 0. The lowest BCUT2D eigenvalue weighted by molar-refractivity contribution is -0.934. The first-order chi connectivity index (χ1) is 19.5. The molecule has 7 nitrogen and oxygen atoms in total. The predicted molar refractivity (Wildman–Crippen MR) is 165 cm³/mol. The van der Waals surface area contributed by atoms with Crippen LogP contribution in [0.25, 0.3) is 0 Å². The summed E-state index contributed by atoms with van der Waals surface area (Å²) in [6.07, 6.45) is 27.0. The van der Waals surface area contributed by atoms with Gasteiger partial charge in [-0.2, -0.15) is 0 Å². The quantitative estimate of drug-likeness (QED) is 0.0547. The highest BCUT2D eigenvalue weighted by Crippen LogP contribution is 2.22. The number of nitrogens with zero attached hydrogens (tertiary/aromatic N) is 1. The molecule has 0 aromatic heterocycles. The summed E-state index contributed by atoms with van der Waals surface area (Å²) in [7, 11) is 0. The molecule has 0 spiro atoms. The maximum Gasteiger partial charge on any atom is 0.311 e. The Morgan fingerprint density at radius 3 is 1.29 bits per heavy atom. The van der Waals surface area contributed by atoms with Crippen molar-refractivity contribution in [3.63, 3.8) is 0 Å². The number of carbonyl (C=O) groups excluding carboxylic acids is 1. The van der Waals surface area contributed by atoms with Crippen LogP contribution in [-0.2, 0) is 14.4 Å². The highest BCUT2D eigenvalue weighted by molar-refractivity contribution is 5.70. The highest BCUT2D eigenvalue weighted by Gasteiger charge is 2.36. The van der Waals surface area contributed by atoms with Crippen LogP contribution >= 0.6 is 0 Å². The number of quaternary nitrogens is 1. The highest BCUT2D eigenvalue weighted by atomic mass is 16.4. The first-order valence-corrected chi connectivity index (χ1v) is 16.7. The summed E-state index contributed by atoms with van der Waals surface area (Å²) in [6.45, 7) is 8.25. The molecule has 41 heavy (non-hydrogen) atoms. The van der Waals surface area contributed by atoms with E-state index in [1.807, 2.05) is 0 Å². The molecule has 0 aliphatic rings. The first kappa shape index (κ1) is 39.1. The Labute approximate surface area is 251 Å². The maximum absolute atomic E-state index is 11.6. The number of allylic oxidation sites excluding steroid dienone is 2. The van der Waals surface area contributed by atoms with Crippen molar-refractivity contribution in [3.05, 3.63) is 12.2 Å². The van der Waals surface area contributed by atoms with E-state index in [9.17, 15) is 29.7 Å². The normalized spacial score (nSPS) is 15.4. The zero-order chi connectivity index (χ0) is 30.9. The molecule has 0 saturated carbocycles. The van der Waals surface area contributed by atoms with Gasteiger partial charge < -0.3 is 24.6 Å². The van der Waals surface area contributed by atoms with Gasteiger partial charge >= 0.3 is 11.9 Å². The second kappa shape index (κ2) is 24.7. The molecule has 0 fully saturated rings. The Morgan fingerprint density at radius 2 is 0.927 bits per heavy atom. The maximum atomic E-state index is 11.6. The van der Waals surface area contributed by atoms with E-state index in [2.05, 4.69) is 19.1 Å². The summed E-state index contributed by atoms with van der Waals surface area (Å²) < 4.78 is 0.185. The number of hydrogen-bond donors (Lipinski definition) is 2. The number of carboxylic acids is 3. The minimum Gasteiger partial charge on any atom is -0.550 e. The average molecular weight is 582 g/mol. The van der Waals surface area contributed by atoms with Gasteiger partial charge in [-0.25, -0.2) is 0 Å². The van der Waals surface area contributed by atoms with Crippen molar-refractivity contribution in [3.8, 4) is 0 Å². The molecular weight excluding hydrogens is 518 g/mol. The minimum atomic E-state index is -1.18. The second-order valence-electron chi connectivity index (χ2n) is 12.7. The zero-order valence-corrected chi connectivity index (χ0v) is 26.9. The molecule has 7 heteroatoms. The van der Waals surface area contributed by atoms with Crippen LogP contribution in [0, 0.1) is 17.8 Å². The van der Waals surface area contributed by atoms with E-state index in [0.29, 0.717) is 6.54 Å². The van der Waals surface area contributed by atoms with E-state index in [1.165, 1.54) is 89.9 Å². The Bertz CT molecular complexity index is 667. The molecule has 240 valence electrons. The Balaban J connectivity index is 4.26. The number of carbonyl (C=O) groups is 3. The SMILES string of the molecule is CCCCCCCC/C=C/CCCCCCCCCCCC[N+](CC(C)C(=O)[O-])(CC(C)C(=O)O)CC(C)C(=O)O. The van der Waals surface area contributed by atoms with Crippen LogP contribution in [0.2, 0.25) is 0 Å². The van der Waals surface area contributed by atoms with Crippen molar-refractivity contribution in [1.82, 2.24) is 0 Å². The molecule has 0 amide bonds. The number of unbranched alkanes of at least 4 members (excludes halogenated alkanes) is 16. The van der Waals surface area contributed by atoms with Crippen LogP contribution in [0.4, 0.5) is 0 Å². The molecule has 0 aromatic carbocycles. The standard InChI is InChI=1S/C34H63NO6/c1-5-6-7-8-9-10-11-12-13-14-15-16-17-18-19-20-21-22-23-24-25-35(26-29(2)32(36)37,27-30(3)33(38)39)28-31(4)34(40)41/h12-13,29-31H,5-11,14-28H2,1-4H3,(H2-,36,37,38,39,40,41)/b13-12+. The van der Waals surface area contributed by atoms with Gasteiger partial charge in [-0.15, -0.1) is 0 Å². The fourth-order valence-electron chi connectivity index (χ4n) is 5.87. The topological polar surface area (TPSA) is 115 Å². The van der Waals surface area contributed by atoms with E-state index in [1.54, 1.807) is 20.8 Å². The third kappa shape index (κ3) is 21.5. The van der Waals surface area contributed by atoms with E-state index in [4.69, 9.17) is 0 Å². The van der Waals surface area contributed by atoms with Gasteiger partial charge in [0.05, 0.1) is 26.2 Å². The Hall–Kier alpha value is -1.89. The van der Waals surface area contributed by atoms with Gasteiger partial charge in [-0.05, 0) is 52.4 Å². The first-order valence-electron chi connectivity index (χ1n) is 16.7. The Kier molecular flexibility index (Phi) is 23.5. The number of aliphatic carboxylic acids is 3. The molecule has 0 aliphatic heterocycles. The number of hydrogen-bond acceptors (Lipinski definition) is 4. The summed E-state index contributed by atoms with van der Waals surface area (Å²) in [5.41, 5.74) is 0. The molecule has 0 saturated heterocycles. The summed E-state index contributed by atoms with van der Waals surface area (Å²) >= 11 is 0. The van der Waals surface area contributed by atoms with Gasteiger partial charge in [0.1, 0.15) is 11.8 Å². The lowest BCUT2D eigenvalue weighted by Crippen LogP contribution is -2.58. The molecule has 0 bridgehead atoms. The molecule has 0 heterocycles. The summed E-state index contributed by atoms with van der Waals surface area (Å²) in [5.74, 6) is -5.23. The lowest BCUT2D eigenvalue weighted by Gasteiger charge is -2.43. The van der Waals surface area contributed by atoms with Crippen molar-refractivity contribution in [1.29, 1.82) is 0 Å². The smallest absolute Gasteiger partial charge is 0.311 e. The molecule has 2 N–H and O–H groups in total. The Morgan fingerprint density at radius 1 is 0.585 bits per heavy atom. The van der Waals surface area contributed by atoms with Gasteiger partial charge in [0, 0.05) is 11.9 Å². The van der Waals surface area contributed by atoms with Gasteiger partial charge in [-0.3, -0.25) is 9.59 Å². The molecular formula is C34H63NO6. The fraction of sp³-hybridized carbons (Fsp3) is 0.853.